The summed E-state index contributed by atoms with van der Waals surface area (Å²) in [4.78, 5) is 34.8. The van der Waals surface area contributed by atoms with Crippen molar-refractivity contribution < 1.29 is 9.59 Å². The Morgan fingerprint density at radius 2 is 1.67 bits per heavy atom. The monoisotopic (exact) mass is 477 g/mol. The summed E-state index contributed by atoms with van der Waals surface area (Å²) in [6.07, 6.45) is 0.523. The fourth-order valence-electron chi connectivity index (χ4n) is 5.78. The van der Waals surface area contributed by atoms with Crippen LogP contribution in [0.25, 0.3) is 10.9 Å². The molecule has 3 heterocycles. The summed E-state index contributed by atoms with van der Waals surface area (Å²) < 4.78 is 0. The number of rotatable bonds is 4. The van der Waals surface area contributed by atoms with Gasteiger partial charge in [-0.05, 0) is 41.2 Å². The highest BCUT2D eigenvalue weighted by Gasteiger charge is 2.48. The Morgan fingerprint density at radius 3 is 2.39 bits per heavy atom. The molecule has 2 amide bonds. The minimum atomic E-state index is -0.516. The molecular weight excluding hydrogens is 446 g/mol. The number of H-pyrrole nitrogens is 1. The van der Waals surface area contributed by atoms with Crippen LogP contribution in [0, 0.1) is 6.92 Å². The van der Waals surface area contributed by atoms with Crippen molar-refractivity contribution in [3.8, 4) is 0 Å². The summed E-state index contributed by atoms with van der Waals surface area (Å²) in [5.74, 6) is 0.444. The number of benzene rings is 3. The number of aryl methyl sites for hydroxylation is 1. The Bertz CT molecular complexity index is 1450. The first-order chi connectivity index (χ1) is 17.4. The molecule has 182 valence electrons. The molecule has 3 aromatic carbocycles. The Hall–Kier alpha value is -3.86. The first-order valence-corrected chi connectivity index (χ1v) is 12.8. The summed E-state index contributed by atoms with van der Waals surface area (Å²) >= 11 is 0. The normalized spacial score (nSPS) is 19.7. The molecule has 2 aliphatic heterocycles. The van der Waals surface area contributed by atoms with Gasteiger partial charge in [0, 0.05) is 29.6 Å². The third-order valence-electron chi connectivity index (χ3n) is 7.76. The van der Waals surface area contributed by atoms with Gasteiger partial charge in [0.15, 0.2) is 0 Å². The quantitative estimate of drug-likeness (QED) is 0.423. The maximum absolute atomic E-state index is 13.9. The van der Waals surface area contributed by atoms with Crippen molar-refractivity contribution in [2.45, 2.75) is 51.7 Å². The molecule has 0 aliphatic carbocycles. The Labute approximate surface area is 211 Å². The number of aromatic nitrogens is 1. The zero-order chi connectivity index (χ0) is 25.0. The molecule has 1 N–H and O–H groups in total. The predicted octanol–water partition coefficient (Wildman–Crippen LogP) is 5.48. The summed E-state index contributed by atoms with van der Waals surface area (Å²) in [7, 11) is 0. The van der Waals surface area contributed by atoms with Gasteiger partial charge < -0.3 is 14.8 Å². The van der Waals surface area contributed by atoms with Crippen LogP contribution in [-0.4, -0.2) is 39.2 Å². The maximum Gasteiger partial charge on any atom is 0.246 e. The lowest BCUT2D eigenvalue weighted by atomic mass is 9.85. The molecule has 1 aromatic heterocycles. The van der Waals surface area contributed by atoms with Crippen molar-refractivity contribution in [2.75, 3.05) is 6.54 Å². The molecule has 0 spiro atoms. The number of piperazine rings is 1. The van der Waals surface area contributed by atoms with Gasteiger partial charge in [-0.15, -0.1) is 0 Å². The van der Waals surface area contributed by atoms with Crippen LogP contribution in [0.1, 0.15) is 59.3 Å². The van der Waals surface area contributed by atoms with E-state index in [0.717, 1.165) is 33.3 Å². The smallest absolute Gasteiger partial charge is 0.246 e. The second kappa shape index (κ2) is 8.66. The van der Waals surface area contributed by atoms with Crippen LogP contribution >= 0.6 is 0 Å². The van der Waals surface area contributed by atoms with E-state index in [4.69, 9.17) is 0 Å². The van der Waals surface area contributed by atoms with Gasteiger partial charge in [0.05, 0.1) is 6.04 Å². The molecule has 36 heavy (non-hydrogen) atoms. The van der Waals surface area contributed by atoms with Crippen LogP contribution in [0.4, 0.5) is 0 Å². The summed E-state index contributed by atoms with van der Waals surface area (Å²) in [6.45, 7) is 6.95. The molecule has 5 heteroatoms. The van der Waals surface area contributed by atoms with Crippen molar-refractivity contribution in [2.24, 2.45) is 0 Å². The van der Waals surface area contributed by atoms with E-state index in [-0.39, 0.29) is 24.4 Å². The van der Waals surface area contributed by atoms with E-state index in [0.29, 0.717) is 18.9 Å². The molecule has 0 radical (unpaired) electrons. The van der Waals surface area contributed by atoms with Gasteiger partial charge in [-0.25, -0.2) is 0 Å². The van der Waals surface area contributed by atoms with Crippen LogP contribution < -0.4 is 0 Å². The SMILES string of the molecule is Cc1ccc(CN2CC(=O)N3[C@@H](c4ccc(C(C)C)cc4)c4[nH]c5ccccc5c4C[C@@H]3C2=O)cc1. The number of nitrogens with zero attached hydrogens (tertiary/aromatic N) is 2. The zero-order valence-corrected chi connectivity index (χ0v) is 21.0. The van der Waals surface area contributed by atoms with E-state index in [1.807, 2.05) is 48.2 Å². The minimum Gasteiger partial charge on any atom is -0.356 e. The number of para-hydroxylation sites is 1. The second-order valence-electron chi connectivity index (χ2n) is 10.5. The van der Waals surface area contributed by atoms with E-state index in [1.54, 1.807) is 4.90 Å². The fraction of sp³-hybridized carbons (Fsp3) is 0.290. The lowest BCUT2D eigenvalue weighted by Crippen LogP contribution is -2.62. The summed E-state index contributed by atoms with van der Waals surface area (Å²) in [6, 6.07) is 24.1. The number of carbonyl (C=O) groups is 2. The molecule has 2 aliphatic rings. The summed E-state index contributed by atoms with van der Waals surface area (Å²) in [5.41, 5.74) is 7.72. The van der Waals surface area contributed by atoms with Gasteiger partial charge >= 0.3 is 0 Å². The average molecular weight is 478 g/mol. The Morgan fingerprint density at radius 1 is 0.944 bits per heavy atom. The van der Waals surface area contributed by atoms with Gasteiger partial charge in [-0.2, -0.15) is 0 Å². The average Bonchev–Trinajstić information content (AvgIpc) is 3.25. The lowest BCUT2D eigenvalue weighted by Gasteiger charge is -2.47. The molecule has 4 aromatic rings. The van der Waals surface area contributed by atoms with Gasteiger partial charge in [-0.1, -0.05) is 86.1 Å². The Kier molecular flexibility index (Phi) is 5.44. The number of carbonyl (C=O) groups excluding carboxylic acids is 2. The largest absolute Gasteiger partial charge is 0.356 e. The van der Waals surface area contributed by atoms with Crippen LogP contribution in [0.5, 0.6) is 0 Å². The van der Waals surface area contributed by atoms with Crippen molar-refractivity contribution in [3.63, 3.8) is 0 Å². The highest BCUT2D eigenvalue weighted by atomic mass is 16.2. The number of nitrogens with one attached hydrogen (secondary N) is 1. The summed E-state index contributed by atoms with van der Waals surface area (Å²) in [5, 5.41) is 1.13. The van der Waals surface area contributed by atoms with Crippen LogP contribution in [0.3, 0.4) is 0 Å². The molecule has 6 rings (SSSR count). The molecule has 1 saturated heterocycles. The highest BCUT2D eigenvalue weighted by molar-refractivity contribution is 5.97. The molecule has 2 atom stereocenters. The molecule has 1 fully saturated rings. The van der Waals surface area contributed by atoms with E-state index in [1.165, 1.54) is 11.1 Å². The highest BCUT2D eigenvalue weighted by Crippen LogP contribution is 2.42. The number of hydrogen-bond donors (Lipinski definition) is 1. The van der Waals surface area contributed by atoms with Crippen molar-refractivity contribution in [1.82, 2.24) is 14.8 Å². The van der Waals surface area contributed by atoms with E-state index >= 15 is 0 Å². The number of amides is 2. The second-order valence-corrected chi connectivity index (χ2v) is 10.5. The minimum absolute atomic E-state index is 0.00560. The standard InChI is InChI=1S/C31H31N3O2/c1-19(2)22-12-14-23(15-13-22)30-29-25(24-6-4-5-7-26(24)32-29)16-27-31(36)33(18-28(35)34(27)30)17-21-10-8-20(3)9-11-21/h4-15,19,27,30,32H,16-18H2,1-3H3/t27-,30+/m1/s1. The van der Waals surface area contributed by atoms with Crippen molar-refractivity contribution in [3.05, 3.63) is 106 Å². The fourth-order valence-corrected chi connectivity index (χ4v) is 5.78. The van der Waals surface area contributed by atoms with Crippen molar-refractivity contribution in [1.29, 1.82) is 0 Å². The third-order valence-corrected chi connectivity index (χ3v) is 7.76. The van der Waals surface area contributed by atoms with Crippen LogP contribution in [-0.2, 0) is 22.6 Å². The maximum atomic E-state index is 13.9. The molecule has 0 bridgehead atoms. The number of aromatic amines is 1. The predicted molar refractivity (Wildman–Crippen MR) is 142 cm³/mol. The first kappa shape index (κ1) is 22.6. The van der Waals surface area contributed by atoms with Gasteiger partial charge in [-0.3, -0.25) is 9.59 Å². The number of hydrogen-bond acceptors (Lipinski definition) is 2. The van der Waals surface area contributed by atoms with E-state index in [9.17, 15) is 9.59 Å². The van der Waals surface area contributed by atoms with Gasteiger partial charge in [0.25, 0.3) is 0 Å². The lowest BCUT2D eigenvalue weighted by molar-refractivity contribution is -0.159. The number of fused-ring (bicyclic) bond motifs is 4. The van der Waals surface area contributed by atoms with Gasteiger partial charge in [0.1, 0.15) is 12.6 Å². The Balaban J connectivity index is 1.43. The van der Waals surface area contributed by atoms with Crippen molar-refractivity contribution >= 4 is 22.7 Å². The molecule has 0 saturated carbocycles. The van der Waals surface area contributed by atoms with Crippen LogP contribution in [0.2, 0.25) is 0 Å². The van der Waals surface area contributed by atoms with E-state index in [2.05, 4.69) is 55.2 Å². The first-order valence-electron chi connectivity index (χ1n) is 12.8. The molecule has 0 unspecified atom stereocenters. The third kappa shape index (κ3) is 3.70. The van der Waals surface area contributed by atoms with Gasteiger partial charge in [0.2, 0.25) is 11.8 Å². The molecule has 5 nitrogen and oxygen atoms in total. The van der Waals surface area contributed by atoms with Crippen LogP contribution in [0.15, 0.2) is 72.8 Å². The topological polar surface area (TPSA) is 56.4 Å². The zero-order valence-electron chi connectivity index (χ0n) is 21.0. The van der Waals surface area contributed by atoms with E-state index < -0.39 is 6.04 Å². The molecular formula is C31H31N3O2.